The molecule has 2 aromatic rings. The van der Waals surface area contributed by atoms with Crippen LogP contribution in [0.4, 0.5) is 5.69 Å². The van der Waals surface area contributed by atoms with Crippen molar-refractivity contribution in [1.29, 1.82) is 0 Å². The molecule has 0 saturated carbocycles. The quantitative estimate of drug-likeness (QED) is 0.458. The van der Waals surface area contributed by atoms with Gasteiger partial charge in [-0.2, -0.15) is 0 Å². The van der Waals surface area contributed by atoms with Crippen LogP contribution in [0.2, 0.25) is 0 Å². The highest BCUT2D eigenvalue weighted by molar-refractivity contribution is 6.30. The van der Waals surface area contributed by atoms with Crippen molar-refractivity contribution >= 4 is 23.5 Å². The Bertz CT molecular complexity index is 885. The predicted octanol–water partition coefficient (Wildman–Crippen LogP) is 2.54. The van der Waals surface area contributed by atoms with Gasteiger partial charge in [0.15, 0.2) is 5.92 Å². The highest BCUT2D eigenvalue weighted by Gasteiger charge is 2.44. The van der Waals surface area contributed by atoms with Gasteiger partial charge in [0.25, 0.3) is 11.8 Å². The SMILES string of the molecule is CCOC(=O)C1C(=O)N(c2cc(OC)cc(OC)c2)C(=O)c2ccccc21. The third-order valence-electron chi connectivity index (χ3n) is 4.29. The first-order chi connectivity index (χ1) is 13.0. The van der Waals surface area contributed by atoms with E-state index in [4.69, 9.17) is 14.2 Å². The van der Waals surface area contributed by atoms with Crippen molar-refractivity contribution < 1.29 is 28.6 Å². The van der Waals surface area contributed by atoms with E-state index in [0.717, 1.165) is 4.90 Å². The zero-order valence-electron chi connectivity index (χ0n) is 15.2. The molecule has 0 bridgehead atoms. The molecule has 2 amide bonds. The summed E-state index contributed by atoms with van der Waals surface area (Å²) in [5.74, 6) is -2.27. The molecule has 0 saturated heterocycles. The first kappa shape index (κ1) is 18.4. The Morgan fingerprint density at radius 1 is 1.04 bits per heavy atom. The molecule has 0 fully saturated rings. The van der Waals surface area contributed by atoms with Gasteiger partial charge in [0.05, 0.1) is 26.5 Å². The molecule has 27 heavy (non-hydrogen) atoms. The van der Waals surface area contributed by atoms with E-state index in [9.17, 15) is 14.4 Å². The van der Waals surface area contributed by atoms with Crippen LogP contribution in [0, 0.1) is 0 Å². The van der Waals surface area contributed by atoms with E-state index in [1.165, 1.54) is 26.4 Å². The van der Waals surface area contributed by atoms with Gasteiger partial charge in [-0.1, -0.05) is 18.2 Å². The van der Waals surface area contributed by atoms with Gasteiger partial charge in [-0.05, 0) is 18.6 Å². The standard InChI is InChI=1S/C20H19NO6/c1-4-27-20(24)17-15-7-5-6-8-16(15)18(22)21(19(17)23)12-9-13(25-2)11-14(10-12)26-3/h5-11,17H,4H2,1-3H3. The predicted molar refractivity (Wildman–Crippen MR) is 97.2 cm³/mol. The van der Waals surface area contributed by atoms with E-state index in [1.807, 2.05) is 0 Å². The molecule has 1 heterocycles. The molecule has 1 unspecified atom stereocenters. The summed E-state index contributed by atoms with van der Waals surface area (Å²) in [7, 11) is 2.93. The summed E-state index contributed by atoms with van der Waals surface area (Å²) < 4.78 is 15.5. The van der Waals surface area contributed by atoms with E-state index in [-0.39, 0.29) is 17.9 Å². The number of hydrogen-bond acceptors (Lipinski definition) is 6. The summed E-state index contributed by atoms with van der Waals surface area (Å²) in [6.45, 7) is 1.79. The largest absolute Gasteiger partial charge is 0.497 e. The number of carbonyl (C=O) groups excluding carboxylic acids is 3. The maximum atomic E-state index is 13.1. The molecule has 0 N–H and O–H groups in total. The van der Waals surface area contributed by atoms with Crippen LogP contribution in [0.1, 0.15) is 28.8 Å². The van der Waals surface area contributed by atoms with Gasteiger partial charge in [0.1, 0.15) is 11.5 Å². The van der Waals surface area contributed by atoms with Crippen molar-refractivity contribution in [3.05, 3.63) is 53.6 Å². The maximum absolute atomic E-state index is 13.1. The van der Waals surface area contributed by atoms with Crippen LogP contribution in [-0.2, 0) is 14.3 Å². The lowest BCUT2D eigenvalue weighted by Gasteiger charge is -2.31. The van der Waals surface area contributed by atoms with E-state index in [1.54, 1.807) is 37.3 Å². The first-order valence-electron chi connectivity index (χ1n) is 8.38. The van der Waals surface area contributed by atoms with Crippen molar-refractivity contribution in [2.45, 2.75) is 12.8 Å². The van der Waals surface area contributed by atoms with Gasteiger partial charge in [-0.25, -0.2) is 4.90 Å². The molecule has 1 aliphatic rings. The van der Waals surface area contributed by atoms with Gasteiger partial charge in [-0.3, -0.25) is 14.4 Å². The molecule has 0 aliphatic carbocycles. The summed E-state index contributed by atoms with van der Waals surface area (Å²) in [6.07, 6.45) is 0. The fraction of sp³-hybridized carbons (Fsp3) is 0.250. The zero-order chi connectivity index (χ0) is 19.6. The minimum absolute atomic E-state index is 0.131. The van der Waals surface area contributed by atoms with Gasteiger partial charge < -0.3 is 14.2 Å². The first-order valence-corrected chi connectivity index (χ1v) is 8.38. The molecule has 3 rings (SSSR count). The third kappa shape index (κ3) is 3.23. The van der Waals surface area contributed by atoms with Gasteiger partial charge >= 0.3 is 5.97 Å². The second kappa shape index (κ2) is 7.49. The van der Waals surface area contributed by atoms with Crippen molar-refractivity contribution in [3.63, 3.8) is 0 Å². The molecular weight excluding hydrogens is 350 g/mol. The number of amides is 2. The number of methoxy groups -OCH3 is 2. The number of rotatable bonds is 5. The monoisotopic (exact) mass is 369 g/mol. The number of imide groups is 1. The van der Waals surface area contributed by atoms with E-state index < -0.39 is 23.7 Å². The normalized spacial score (nSPS) is 16.0. The van der Waals surface area contributed by atoms with Crippen molar-refractivity contribution in [2.24, 2.45) is 0 Å². The van der Waals surface area contributed by atoms with Crippen LogP contribution in [0.15, 0.2) is 42.5 Å². The van der Waals surface area contributed by atoms with Gasteiger partial charge in [-0.15, -0.1) is 0 Å². The van der Waals surface area contributed by atoms with Gasteiger partial charge in [0, 0.05) is 23.8 Å². The number of carbonyl (C=O) groups is 3. The smallest absolute Gasteiger partial charge is 0.323 e. The Morgan fingerprint density at radius 2 is 1.67 bits per heavy atom. The summed E-state index contributed by atoms with van der Waals surface area (Å²) >= 11 is 0. The van der Waals surface area contributed by atoms with Crippen molar-refractivity contribution in [1.82, 2.24) is 0 Å². The Labute approximate surface area is 156 Å². The highest BCUT2D eigenvalue weighted by Crippen LogP contribution is 2.36. The topological polar surface area (TPSA) is 82.1 Å². The lowest BCUT2D eigenvalue weighted by atomic mass is 9.88. The van der Waals surface area contributed by atoms with E-state index in [2.05, 4.69) is 0 Å². The number of anilines is 1. The number of fused-ring (bicyclic) bond motifs is 1. The lowest BCUT2D eigenvalue weighted by molar-refractivity contribution is -0.147. The number of hydrogen-bond donors (Lipinski definition) is 0. The number of esters is 1. The lowest BCUT2D eigenvalue weighted by Crippen LogP contribution is -2.47. The average molecular weight is 369 g/mol. The zero-order valence-corrected chi connectivity index (χ0v) is 15.2. The van der Waals surface area contributed by atoms with Crippen LogP contribution in [-0.4, -0.2) is 38.6 Å². The molecule has 2 aromatic carbocycles. The summed E-state index contributed by atoms with van der Waals surface area (Å²) in [5, 5.41) is 0. The second-order valence-corrected chi connectivity index (χ2v) is 5.82. The molecule has 0 radical (unpaired) electrons. The third-order valence-corrected chi connectivity index (χ3v) is 4.29. The fourth-order valence-electron chi connectivity index (χ4n) is 3.05. The molecule has 7 heteroatoms. The molecule has 0 aromatic heterocycles. The Kier molecular flexibility index (Phi) is 5.12. The number of benzene rings is 2. The summed E-state index contributed by atoms with van der Waals surface area (Å²) in [4.78, 5) is 39.6. The summed E-state index contributed by atoms with van der Waals surface area (Å²) in [5.41, 5.74) is 0.874. The number of nitrogens with zero attached hydrogens (tertiary/aromatic N) is 1. The minimum Gasteiger partial charge on any atom is -0.497 e. The van der Waals surface area contributed by atoms with Crippen LogP contribution < -0.4 is 14.4 Å². The fourth-order valence-corrected chi connectivity index (χ4v) is 3.05. The molecule has 140 valence electrons. The number of ether oxygens (including phenoxy) is 3. The van der Waals surface area contributed by atoms with E-state index >= 15 is 0 Å². The Hall–Kier alpha value is -3.35. The molecule has 7 nitrogen and oxygen atoms in total. The van der Waals surface area contributed by atoms with Crippen molar-refractivity contribution in [2.75, 3.05) is 25.7 Å². The summed E-state index contributed by atoms with van der Waals surface area (Å²) in [6, 6.07) is 11.2. The van der Waals surface area contributed by atoms with Crippen molar-refractivity contribution in [3.8, 4) is 11.5 Å². The molecular formula is C20H19NO6. The second-order valence-electron chi connectivity index (χ2n) is 5.82. The average Bonchev–Trinajstić information content (AvgIpc) is 2.68. The molecule has 0 spiro atoms. The van der Waals surface area contributed by atoms with Gasteiger partial charge in [0.2, 0.25) is 0 Å². The molecule has 1 atom stereocenters. The van der Waals surface area contributed by atoms with Crippen LogP contribution in [0.5, 0.6) is 11.5 Å². The Balaban J connectivity index is 2.16. The van der Waals surface area contributed by atoms with Crippen LogP contribution in [0.25, 0.3) is 0 Å². The maximum Gasteiger partial charge on any atom is 0.323 e. The Morgan fingerprint density at radius 3 is 2.26 bits per heavy atom. The van der Waals surface area contributed by atoms with Crippen LogP contribution in [0.3, 0.4) is 0 Å². The highest BCUT2D eigenvalue weighted by atomic mass is 16.5. The minimum atomic E-state index is -1.21. The van der Waals surface area contributed by atoms with Crippen LogP contribution >= 0.6 is 0 Å². The van der Waals surface area contributed by atoms with E-state index in [0.29, 0.717) is 17.1 Å². The molecule has 1 aliphatic heterocycles.